The lowest BCUT2D eigenvalue weighted by atomic mass is 10.2. The monoisotopic (exact) mass is 404 g/mol. The Hall–Kier alpha value is -2.06. The molecule has 0 saturated carbocycles. The van der Waals surface area contributed by atoms with Crippen LogP contribution in [0.3, 0.4) is 0 Å². The second-order valence-corrected chi connectivity index (χ2v) is 6.46. The van der Waals surface area contributed by atoms with E-state index < -0.39 is 11.9 Å². The highest BCUT2D eigenvalue weighted by atomic mass is 35.5. The molecule has 0 aliphatic carbocycles. The van der Waals surface area contributed by atoms with Gasteiger partial charge >= 0.3 is 6.18 Å². The van der Waals surface area contributed by atoms with Crippen LogP contribution in [0.15, 0.2) is 30.5 Å². The molecule has 0 atom stereocenters. The van der Waals surface area contributed by atoms with E-state index in [0.29, 0.717) is 36.8 Å². The molecule has 1 aromatic carbocycles. The fourth-order valence-electron chi connectivity index (χ4n) is 2.58. The zero-order chi connectivity index (χ0) is 18.9. The molecule has 1 saturated heterocycles. The van der Waals surface area contributed by atoms with Crippen LogP contribution in [0.1, 0.15) is 16.1 Å². The highest BCUT2D eigenvalue weighted by Gasteiger charge is 2.33. The first-order chi connectivity index (χ1) is 12.3. The van der Waals surface area contributed by atoms with Gasteiger partial charge in [0.15, 0.2) is 0 Å². The Bertz CT molecular complexity index is 823. The first-order valence-electron chi connectivity index (χ1n) is 7.65. The van der Waals surface area contributed by atoms with Crippen molar-refractivity contribution in [2.45, 2.75) is 6.18 Å². The molecule has 1 aliphatic rings. The van der Waals surface area contributed by atoms with Crippen LogP contribution in [-0.2, 0) is 6.18 Å². The third-order valence-corrected chi connectivity index (χ3v) is 4.69. The Kier molecular flexibility index (Phi) is 5.24. The Balaban J connectivity index is 1.67. The van der Waals surface area contributed by atoms with Gasteiger partial charge in [-0.15, -0.1) is 0 Å². The van der Waals surface area contributed by atoms with Crippen molar-refractivity contribution in [3.05, 3.63) is 51.8 Å². The number of carbonyl (C=O) groups is 1. The molecule has 26 heavy (non-hydrogen) atoms. The molecule has 1 amide bonds. The highest BCUT2D eigenvalue weighted by molar-refractivity contribution is 6.42. The summed E-state index contributed by atoms with van der Waals surface area (Å²) in [5, 5.41) is 0.642. The lowest BCUT2D eigenvalue weighted by Crippen LogP contribution is -2.49. The molecule has 10 heteroatoms. The number of carbonyl (C=O) groups excluding carboxylic acids is 1. The minimum Gasteiger partial charge on any atom is -0.337 e. The molecule has 1 aliphatic heterocycles. The maximum Gasteiger partial charge on any atom is 0.433 e. The molecule has 5 nitrogen and oxygen atoms in total. The summed E-state index contributed by atoms with van der Waals surface area (Å²) in [6.45, 7) is 1.32. The van der Waals surface area contributed by atoms with Gasteiger partial charge in [0.25, 0.3) is 5.91 Å². The average molecular weight is 405 g/mol. The van der Waals surface area contributed by atoms with E-state index in [1.54, 1.807) is 21.9 Å². The van der Waals surface area contributed by atoms with Gasteiger partial charge in [0.1, 0.15) is 5.69 Å². The van der Waals surface area contributed by atoms with Gasteiger partial charge < -0.3 is 9.80 Å². The number of alkyl halides is 3. The molecule has 0 unspecified atom stereocenters. The Morgan fingerprint density at radius 1 is 1.04 bits per heavy atom. The Morgan fingerprint density at radius 3 is 2.35 bits per heavy atom. The quantitative estimate of drug-likeness (QED) is 0.764. The van der Waals surface area contributed by atoms with Gasteiger partial charge in [-0.2, -0.15) is 13.2 Å². The third-order valence-electron chi connectivity index (χ3n) is 3.95. The number of hydrogen-bond donors (Lipinski definition) is 0. The number of nitrogens with zero attached hydrogens (tertiary/aromatic N) is 4. The largest absolute Gasteiger partial charge is 0.433 e. The molecular weight excluding hydrogens is 392 g/mol. The van der Waals surface area contributed by atoms with Crippen molar-refractivity contribution >= 4 is 35.1 Å². The maximum atomic E-state index is 12.8. The molecule has 0 bridgehead atoms. The molecule has 0 radical (unpaired) electrons. The van der Waals surface area contributed by atoms with Gasteiger partial charge in [0, 0.05) is 37.9 Å². The van der Waals surface area contributed by atoms with Gasteiger partial charge in [-0.05, 0) is 24.3 Å². The minimum atomic E-state index is -4.52. The molecule has 2 aromatic rings. The summed E-state index contributed by atoms with van der Waals surface area (Å²) in [5.74, 6) is -0.213. The number of piperazine rings is 1. The summed E-state index contributed by atoms with van der Waals surface area (Å²) in [5.41, 5.74) is -0.583. The summed E-state index contributed by atoms with van der Waals surface area (Å²) in [7, 11) is 0. The van der Waals surface area contributed by atoms with E-state index in [4.69, 9.17) is 23.2 Å². The van der Waals surface area contributed by atoms with Gasteiger partial charge in [0.2, 0.25) is 5.95 Å². The molecule has 2 heterocycles. The van der Waals surface area contributed by atoms with Crippen LogP contribution >= 0.6 is 23.2 Å². The predicted octanol–water partition coefficient (Wildman–Crippen LogP) is 3.76. The fourth-order valence-corrected chi connectivity index (χ4v) is 2.88. The van der Waals surface area contributed by atoms with E-state index >= 15 is 0 Å². The normalized spacial score (nSPS) is 15.3. The first kappa shape index (κ1) is 18.7. The molecule has 0 spiro atoms. The lowest BCUT2D eigenvalue weighted by Gasteiger charge is -2.34. The fraction of sp³-hybridized carbons (Fsp3) is 0.312. The van der Waals surface area contributed by atoms with Gasteiger partial charge in [-0.25, -0.2) is 9.97 Å². The van der Waals surface area contributed by atoms with Gasteiger partial charge in [0.05, 0.1) is 10.0 Å². The van der Waals surface area contributed by atoms with Crippen LogP contribution in [0.2, 0.25) is 10.0 Å². The summed E-state index contributed by atoms with van der Waals surface area (Å²) in [6, 6.07) is 5.45. The topological polar surface area (TPSA) is 49.3 Å². The minimum absolute atomic E-state index is 0.00135. The standard InChI is InChI=1S/C16H13Cl2F3N4O/c17-11-2-1-10(9-12(11)18)14(26)24-5-7-25(8-6-24)15-22-4-3-13(23-15)16(19,20)21/h1-4,9H,5-8H2. The molecular formula is C16H13Cl2F3N4O. The number of amides is 1. The van der Waals surface area contributed by atoms with Crippen molar-refractivity contribution < 1.29 is 18.0 Å². The van der Waals surface area contributed by atoms with Gasteiger partial charge in [-0.1, -0.05) is 23.2 Å². The van der Waals surface area contributed by atoms with E-state index in [1.165, 1.54) is 6.07 Å². The van der Waals surface area contributed by atoms with Crippen LogP contribution in [0.4, 0.5) is 19.1 Å². The maximum absolute atomic E-state index is 12.8. The summed E-state index contributed by atoms with van der Waals surface area (Å²) < 4.78 is 38.3. The summed E-state index contributed by atoms with van der Waals surface area (Å²) >= 11 is 11.8. The van der Waals surface area contributed by atoms with Crippen LogP contribution in [-0.4, -0.2) is 47.0 Å². The van der Waals surface area contributed by atoms with Crippen LogP contribution in [0.5, 0.6) is 0 Å². The molecule has 0 N–H and O–H groups in total. The predicted molar refractivity (Wildman–Crippen MR) is 91.6 cm³/mol. The van der Waals surface area contributed by atoms with Crippen molar-refractivity contribution in [2.75, 3.05) is 31.1 Å². The second-order valence-electron chi connectivity index (χ2n) is 5.65. The SMILES string of the molecule is O=C(c1ccc(Cl)c(Cl)c1)N1CCN(c2nccc(C(F)(F)F)n2)CC1. The molecule has 1 fully saturated rings. The van der Waals surface area contributed by atoms with E-state index in [0.717, 1.165) is 12.3 Å². The van der Waals surface area contributed by atoms with Crippen molar-refractivity contribution in [3.63, 3.8) is 0 Å². The number of benzene rings is 1. The van der Waals surface area contributed by atoms with Crippen molar-refractivity contribution in [1.29, 1.82) is 0 Å². The van der Waals surface area contributed by atoms with Crippen LogP contribution < -0.4 is 4.90 Å². The van der Waals surface area contributed by atoms with E-state index in [2.05, 4.69) is 9.97 Å². The highest BCUT2D eigenvalue weighted by Crippen LogP contribution is 2.28. The molecule has 1 aromatic heterocycles. The third kappa shape index (κ3) is 4.02. The number of aromatic nitrogens is 2. The van der Waals surface area contributed by atoms with Gasteiger partial charge in [-0.3, -0.25) is 4.79 Å². The molecule has 3 rings (SSSR count). The molecule has 138 valence electrons. The Labute approximate surface area is 157 Å². The van der Waals surface area contributed by atoms with E-state index in [-0.39, 0.29) is 16.9 Å². The van der Waals surface area contributed by atoms with Crippen molar-refractivity contribution in [1.82, 2.24) is 14.9 Å². The average Bonchev–Trinajstić information content (AvgIpc) is 2.63. The number of rotatable bonds is 2. The summed E-state index contributed by atoms with van der Waals surface area (Å²) in [6.07, 6.45) is -3.44. The number of anilines is 1. The summed E-state index contributed by atoms with van der Waals surface area (Å²) in [4.78, 5) is 23.2. The van der Waals surface area contributed by atoms with Crippen LogP contribution in [0.25, 0.3) is 0 Å². The smallest absolute Gasteiger partial charge is 0.337 e. The number of halogens is 5. The van der Waals surface area contributed by atoms with E-state index in [1.807, 2.05) is 0 Å². The number of hydrogen-bond acceptors (Lipinski definition) is 4. The second kappa shape index (κ2) is 7.28. The lowest BCUT2D eigenvalue weighted by molar-refractivity contribution is -0.141. The van der Waals surface area contributed by atoms with Crippen LogP contribution in [0, 0.1) is 0 Å². The van der Waals surface area contributed by atoms with E-state index in [9.17, 15) is 18.0 Å². The zero-order valence-electron chi connectivity index (χ0n) is 13.3. The zero-order valence-corrected chi connectivity index (χ0v) is 14.8. The first-order valence-corrected chi connectivity index (χ1v) is 8.41. The van der Waals surface area contributed by atoms with Crippen molar-refractivity contribution in [3.8, 4) is 0 Å². The van der Waals surface area contributed by atoms with Crippen molar-refractivity contribution in [2.24, 2.45) is 0 Å². The Morgan fingerprint density at radius 2 is 1.73 bits per heavy atom.